The van der Waals surface area contributed by atoms with Crippen molar-refractivity contribution >= 4 is 23.5 Å². The summed E-state index contributed by atoms with van der Waals surface area (Å²) in [5, 5.41) is 10.2. The summed E-state index contributed by atoms with van der Waals surface area (Å²) in [4.78, 5) is 35.7. The van der Waals surface area contributed by atoms with Gasteiger partial charge in [0.1, 0.15) is 0 Å². The fourth-order valence-electron chi connectivity index (χ4n) is 2.60. The Morgan fingerprint density at radius 3 is 2.57 bits per heavy atom. The van der Waals surface area contributed by atoms with Gasteiger partial charge < -0.3 is 5.11 Å². The number of rotatable bonds is 4. The van der Waals surface area contributed by atoms with Gasteiger partial charge in [0.2, 0.25) is 5.91 Å². The summed E-state index contributed by atoms with van der Waals surface area (Å²) in [5.74, 6) is -1.52. The third-order valence-electron chi connectivity index (χ3n) is 4.10. The van der Waals surface area contributed by atoms with Gasteiger partial charge in [-0.05, 0) is 31.0 Å². The molecule has 1 aromatic carbocycles. The molecule has 1 aromatic rings. The van der Waals surface area contributed by atoms with Crippen LogP contribution in [0.1, 0.15) is 43.5 Å². The second-order valence-electron chi connectivity index (χ2n) is 5.20. The van der Waals surface area contributed by atoms with Gasteiger partial charge in [-0.3, -0.25) is 15.0 Å². The number of amides is 2. The Hall–Kier alpha value is -2.37. The smallest absolute Gasteiger partial charge is 0.335 e. The van der Waals surface area contributed by atoms with Crippen LogP contribution in [-0.4, -0.2) is 22.9 Å². The van der Waals surface area contributed by atoms with Crippen molar-refractivity contribution < 1.29 is 19.5 Å². The molecule has 0 saturated carbocycles. The molecule has 0 spiro atoms. The number of carboxylic acid groups (broad SMARTS) is 1. The number of hydrazine groups is 1. The van der Waals surface area contributed by atoms with Crippen molar-refractivity contribution in [3.8, 4) is 0 Å². The number of nitrogens with one attached hydrogen (secondary N) is 1. The van der Waals surface area contributed by atoms with Gasteiger partial charge in [-0.1, -0.05) is 19.9 Å². The van der Waals surface area contributed by atoms with Gasteiger partial charge in [0.05, 0.1) is 16.7 Å². The van der Waals surface area contributed by atoms with Crippen molar-refractivity contribution in [2.24, 2.45) is 5.41 Å². The molecule has 0 aromatic heterocycles. The fourth-order valence-corrected chi connectivity index (χ4v) is 2.60. The van der Waals surface area contributed by atoms with Crippen LogP contribution in [0.3, 0.4) is 0 Å². The highest BCUT2D eigenvalue weighted by Crippen LogP contribution is 2.36. The highest BCUT2D eigenvalue weighted by Gasteiger charge is 2.45. The zero-order valence-corrected chi connectivity index (χ0v) is 12.0. The molecule has 1 heterocycles. The van der Waals surface area contributed by atoms with Crippen molar-refractivity contribution in [3.05, 3.63) is 29.8 Å². The first-order valence-electron chi connectivity index (χ1n) is 6.91. The van der Waals surface area contributed by atoms with E-state index in [0.29, 0.717) is 18.5 Å². The first-order valence-corrected chi connectivity index (χ1v) is 6.91. The molecule has 0 aliphatic carbocycles. The molecule has 0 radical (unpaired) electrons. The lowest BCUT2D eigenvalue weighted by Crippen LogP contribution is -2.59. The van der Waals surface area contributed by atoms with Gasteiger partial charge in [-0.2, -0.15) is 0 Å². The SMILES string of the molecule is CCC1(CC)CC(=O)NN(c2cccc(C(=O)O)c2)C1=O. The quantitative estimate of drug-likeness (QED) is 0.887. The lowest BCUT2D eigenvalue weighted by Gasteiger charge is -2.40. The minimum Gasteiger partial charge on any atom is -0.478 e. The van der Waals surface area contributed by atoms with E-state index in [2.05, 4.69) is 5.43 Å². The van der Waals surface area contributed by atoms with Crippen LogP contribution >= 0.6 is 0 Å². The van der Waals surface area contributed by atoms with Crippen LogP contribution in [0.2, 0.25) is 0 Å². The Bertz CT molecular complexity index is 593. The summed E-state index contributed by atoms with van der Waals surface area (Å²) in [6, 6.07) is 5.97. The van der Waals surface area contributed by atoms with Crippen molar-refractivity contribution in [2.75, 3.05) is 5.01 Å². The van der Waals surface area contributed by atoms with E-state index in [0.717, 1.165) is 0 Å². The zero-order valence-electron chi connectivity index (χ0n) is 12.0. The molecular weight excluding hydrogens is 272 g/mol. The van der Waals surface area contributed by atoms with Gasteiger partial charge in [-0.15, -0.1) is 0 Å². The van der Waals surface area contributed by atoms with E-state index in [1.54, 1.807) is 12.1 Å². The molecule has 1 saturated heterocycles. The second kappa shape index (κ2) is 5.55. The third kappa shape index (κ3) is 2.61. The van der Waals surface area contributed by atoms with Crippen LogP contribution in [0, 0.1) is 5.41 Å². The van der Waals surface area contributed by atoms with Gasteiger partial charge >= 0.3 is 5.97 Å². The van der Waals surface area contributed by atoms with E-state index in [-0.39, 0.29) is 23.8 Å². The molecule has 1 aliphatic rings. The number of hydrogen-bond acceptors (Lipinski definition) is 3. The number of aromatic carboxylic acids is 1. The van der Waals surface area contributed by atoms with Crippen LogP contribution < -0.4 is 10.4 Å². The normalized spacial score (nSPS) is 17.5. The predicted molar refractivity (Wildman–Crippen MR) is 76.7 cm³/mol. The van der Waals surface area contributed by atoms with Gasteiger partial charge in [0, 0.05) is 6.42 Å². The van der Waals surface area contributed by atoms with Crippen molar-refractivity contribution in [2.45, 2.75) is 33.1 Å². The molecule has 6 nitrogen and oxygen atoms in total. The minimum atomic E-state index is -1.08. The Labute approximate surface area is 122 Å². The van der Waals surface area contributed by atoms with E-state index >= 15 is 0 Å². The summed E-state index contributed by atoms with van der Waals surface area (Å²) in [7, 11) is 0. The van der Waals surface area contributed by atoms with E-state index in [1.165, 1.54) is 17.1 Å². The maximum absolute atomic E-state index is 12.7. The molecular formula is C15H18N2O4. The average Bonchev–Trinajstić information content (AvgIpc) is 2.49. The molecule has 21 heavy (non-hydrogen) atoms. The van der Waals surface area contributed by atoms with Crippen LogP contribution in [0.25, 0.3) is 0 Å². The standard InChI is InChI=1S/C15H18N2O4/c1-3-15(4-2)9-12(18)16-17(14(15)21)11-7-5-6-10(8-11)13(19)20/h5-8H,3-4,9H2,1-2H3,(H,16,18)(H,19,20). The summed E-state index contributed by atoms with van der Waals surface area (Å²) < 4.78 is 0. The van der Waals surface area contributed by atoms with Crippen LogP contribution in [0.15, 0.2) is 24.3 Å². The number of carbonyl (C=O) groups excluding carboxylic acids is 2. The largest absolute Gasteiger partial charge is 0.478 e. The Kier molecular flexibility index (Phi) is 3.97. The van der Waals surface area contributed by atoms with Crippen molar-refractivity contribution in [1.29, 1.82) is 0 Å². The van der Waals surface area contributed by atoms with Crippen LogP contribution in [0.5, 0.6) is 0 Å². The maximum atomic E-state index is 12.7. The number of carbonyl (C=O) groups is 3. The molecule has 0 atom stereocenters. The number of benzene rings is 1. The third-order valence-corrected chi connectivity index (χ3v) is 4.10. The zero-order chi connectivity index (χ0) is 15.6. The topological polar surface area (TPSA) is 86.7 Å². The molecule has 6 heteroatoms. The number of carboxylic acids is 1. The molecule has 2 N–H and O–H groups in total. The Balaban J connectivity index is 2.42. The Morgan fingerprint density at radius 2 is 2.00 bits per heavy atom. The predicted octanol–water partition coefficient (Wildman–Crippen LogP) is 1.96. The van der Waals surface area contributed by atoms with E-state index in [9.17, 15) is 14.4 Å². The van der Waals surface area contributed by atoms with Crippen molar-refractivity contribution in [3.63, 3.8) is 0 Å². The number of nitrogens with zero attached hydrogens (tertiary/aromatic N) is 1. The van der Waals surface area contributed by atoms with E-state index < -0.39 is 11.4 Å². The highest BCUT2D eigenvalue weighted by atomic mass is 16.4. The van der Waals surface area contributed by atoms with Crippen molar-refractivity contribution in [1.82, 2.24) is 5.43 Å². The maximum Gasteiger partial charge on any atom is 0.335 e. The summed E-state index contributed by atoms with van der Waals surface area (Å²) in [6.45, 7) is 3.76. The average molecular weight is 290 g/mol. The first-order chi connectivity index (χ1) is 9.93. The monoisotopic (exact) mass is 290 g/mol. The molecule has 0 unspecified atom stereocenters. The number of hydrogen-bond donors (Lipinski definition) is 2. The van der Waals surface area contributed by atoms with Gasteiger partial charge in [-0.25, -0.2) is 9.80 Å². The molecule has 1 fully saturated rings. The molecule has 0 bridgehead atoms. The van der Waals surface area contributed by atoms with E-state index in [4.69, 9.17) is 5.11 Å². The van der Waals surface area contributed by atoms with Gasteiger partial charge in [0.15, 0.2) is 0 Å². The molecule has 1 aliphatic heterocycles. The van der Waals surface area contributed by atoms with Gasteiger partial charge in [0.25, 0.3) is 5.91 Å². The first kappa shape index (κ1) is 15.0. The van der Waals surface area contributed by atoms with Crippen LogP contribution in [-0.2, 0) is 9.59 Å². The highest BCUT2D eigenvalue weighted by molar-refractivity contribution is 6.05. The van der Waals surface area contributed by atoms with E-state index in [1.807, 2.05) is 13.8 Å². The second-order valence-corrected chi connectivity index (χ2v) is 5.20. The summed E-state index contributed by atoms with van der Waals surface area (Å²) in [6.07, 6.45) is 1.28. The number of anilines is 1. The molecule has 2 rings (SSSR count). The minimum absolute atomic E-state index is 0.0683. The molecule has 2 amide bonds. The Morgan fingerprint density at radius 1 is 1.33 bits per heavy atom. The lowest BCUT2D eigenvalue weighted by molar-refractivity contribution is -0.141. The summed E-state index contributed by atoms with van der Waals surface area (Å²) in [5.41, 5.74) is 2.23. The lowest BCUT2D eigenvalue weighted by atomic mass is 9.76. The van der Waals surface area contributed by atoms with Crippen LogP contribution in [0.4, 0.5) is 5.69 Å². The fraction of sp³-hybridized carbons (Fsp3) is 0.400. The molecule has 112 valence electrons. The summed E-state index contributed by atoms with van der Waals surface area (Å²) >= 11 is 0.